The van der Waals surface area contributed by atoms with Gasteiger partial charge >= 0.3 is 5.97 Å². The molecule has 2 rings (SSSR count). The second-order valence-corrected chi connectivity index (χ2v) is 4.09. The predicted octanol–water partition coefficient (Wildman–Crippen LogP) is 0.457. The number of hydrogen-bond acceptors (Lipinski definition) is 3. The maximum Gasteiger partial charge on any atom is 0.321 e. The Morgan fingerprint density at radius 2 is 2.12 bits per heavy atom. The van der Waals surface area contributed by atoms with Gasteiger partial charge in [-0.05, 0) is 17.5 Å². The summed E-state index contributed by atoms with van der Waals surface area (Å²) in [5.41, 5.74) is 7.87. The van der Waals surface area contributed by atoms with Gasteiger partial charge in [0.2, 0.25) is 0 Å². The third-order valence-corrected chi connectivity index (χ3v) is 3.05. The van der Waals surface area contributed by atoms with Crippen LogP contribution in [0.25, 0.3) is 0 Å². The summed E-state index contributed by atoms with van der Waals surface area (Å²) in [6, 6.07) is 7.57. The van der Waals surface area contributed by atoms with E-state index in [1.54, 1.807) is 0 Å². The van der Waals surface area contributed by atoms with Gasteiger partial charge in [-0.1, -0.05) is 24.3 Å². The minimum absolute atomic E-state index is 0.432. The second-order valence-electron chi connectivity index (χ2n) is 4.09. The lowest BCUT2D eigenvalue weighted by Gasteiger charge is -2.33. The molecule has 0 aromatic heterocycles. The minimum Gasteiger partial charge on any atom is -0.480 e. The molecule has 0 amide bonds. The summed E-state index contributed by atoms with van der Waals surface area (Å²) in [6.07, 6.45) is 0.575. The van der Waals surface area contributed by atoms with Crippen LogP contribution in [-0.2, 0) is 17.8 Å². The molecule has 16 heavy (non-hydrogen) atoms. The van der Waals surface area contributed by atoms with Crippen LogP contribution in [-0.4, -0.2) is 35.1 Å². The first kappa shape index (κ1) is 11.1. The van der Waals surface area contributed by atoms with Gasteiger partial charge < -0.3 is 10.8 Å². The second kappa shape index (κ2) is 4.63. The summed E-state index contributed by atoms with van der Waals surface area (Å²) in [7, 11) is 0. The number of hydrogen-bond donors (Lipinski definition) is 2. The van der Waals surface area contributed by atoms with E-state index in [4.69, 9.17) is 5.73 Å². The fourth-order valence-corrected chi connectivity index (χ4v) is 2.22. The maximum atomic E-state index is 11.2. The zero-order valence-corrected chi connectivity index (χ0v) is 9.10. The van der Waals surface area contributed by atoms with Crippen LogP contribution in [0.3, 0.4) is 0 Å². The zero-order chi connectivity index (χ0) is 11.5. The van der Waals surface area contributed by atoms with E-state index in [0.717, 1.165) is 5.56 Å². The van der Waals surface area contributed by atoms with Crippen molar-refractivity contribution in [1.82, 2.24) is 4.90 Å². The van der Waals surface area contributed by atoms with E-state index in [9.17, 15) is 9.90 Å². The van der Waals surface area contributed by atoms with Crippen molar-refractivity contribution < 1.29 is 9.90 Å². The molecule has 1 atom stereocenters. The van der Waals surface area contributed by atoms with Gasteiger partial charge in [-0.15, -0.1) is 0 Å². The van der Waals surface area contributed by atoms with Crippen molar-refractivity contribution >= 4 is 5.97 Å². The zero-order valence-electron chi connectivity index (χ0n) is 9.10. The molecule has 3 N–H and O–H groups in total. The first-order valence-corrected chi connectivity index (χ1v) is 5.46. The van der Waals surface area contributed by atoms with Gasteiger partial charge in [0.05, 0.1) is 0 Å². The predicted molar refractivity (Wildman–Crippen MR) is 61.0 cm³/mol. The smallest absolute Gasteiger partial charge is 0.321 e. The van der Waals surface area contributed by atoms with Gasteiger partial charge in [-0.25, -0.2) is 0 Å². The van der Waals surface area contributed by atoms with Gasteiger partial charge in [-0.2, -0.15) is 0 Å². The third-order valence-electron chi connectivity index (χ3n) is 3.05. The summed E-state index contributed by atoms with van der Waals surface area (Å²) in [4.78, 5) is 13.1. The Morgan fingerprint density at radius 3 is 2.75 bits per heavy atom. The Morgan fingerprint density at radius 1 is 1.44 bits per heavy atom. The highest BCUT2D eigenvalue weighted by molar-refractivity contribution is 5.74. The van der Waals surface area contributed by atoms with Crippen molar-refractivity contribution in [2.24, 2.45) is 5.73 Å². The fraction of sp³-hybridized carbons (Fsp3) is 0.417. The normalized spacial score (nSPS) is 20.4. The monoisotopic (exact) mass is 220 g/mol. The summed E-state index contributed by atoms with van der Waals surface area (Å²) in [5.74, 6) is -0.761. The first-order chi connectivity index (χ1) is 7.72. The molecule has 0 radical (unpaired) electrons. The number of carboxylic acids is 1. The lowest BCUT2D eigenvalue weighted by molar-refractivity contribution is -0.143. The largest absolute Gasteiger partial charge is 0.480 e. The Bertz CT molecular complexity index is 392. The van der Waals surface area contributed by atoms with Gasteiger partial charge in [0.1, 0.15) is 6.04 Å². The van der Waals surface area contributed by atoms with Crippen LogP contribution in [0.4, 0.5) is 0 Å². The molecule has 4 nitrogen and oxygen atoms in total. The molecule has 0 saturated carbocycles. The molecule has 0 spiro atoms. The van der Waals surface area contributed by atoms with Crippen LogP contribution >= 0.6 is 0 Å². The van der Waals surface area contributed by atoms with Gasteiger partial charge in [0.15, 0.2) is 0 Å². The van der Waals surface area contributed by atoms with Crippen molar-refractivity contribution in [2.45, 2.75) is 19.0 Å². The number of fused-ring (bicyclic) bond motifs is 1. The lowest BCUT2D eigenvalue weighted by atomic mass is 9.94. The van der Waals surface area contributed by atoms with Crippen molar-refractivity contribution in [3.05, 3.63) is 35.4 Å². The molecule has 0 aliphatic carbocycles. The van der Waals surface area contributed by atoms with Crippen LogP contribution in [0.2, 0.25) is 0 Å². The Balaban J connectivity index is 2.25. The van der Waals surface area contributed by atoms with E-state index >= 15 is 0 Å². The topological polar surface area (TPSA) is 66.6 Å². The van der Waals surface area contributed by atoms with Crippen molar-refractivity contribution in [3.63, 3.8) is 0 Å². The van der Waals surface area contributed by atoms with Crippen LogP contribution in [0.15, 0.2) is 24.3 Å². The highest BCUT2D eigenvalue weighted by Gasteiger charge is 2.30. The number of benzene rings is 1. The molecule has 1 aromatic rings. The number of rotatable bonds is 3. The molecule has 0 bridgehead atoms. The fourth-order valence-electron chi connectivity index (χ4n) is 2.22. The molecule has 1 aliphatic heterocycles. The third kappa shape index (κ3) is 2.08. The minimum atomic E-state index is -0.761. The molecule has 1 aliphatic rings. The van der Waals surface area contributed by atoms with E-state index < -0.39 is 12.0 Å². The molecular weight excluding hydrogens is 204 g/mol. The van der Waals surface area contributed by atoms with Crippen LogP contribution < -0.4 is 5.73 Å². The van der Waals surface area contributed by atoms with Crippen molar-refractivity contribution in [2.75, 3.05) is 13.1 Å². The standard InChI is InChI=1S/C12H16N2O2/c13-5-6-14-8-10-4-2-1-3-9(10)7-11(14)12(15)16/h1-4,11H,5-8,13H2,(H,15,16). The van der Waals surface area contributed by atoms with Gasteiger partial charge in [-0.3, -0.25) is 9.69 Å². The van der Waals surface area contributed by atoms with E-state index in [0.29, 0.717) is 26.1 Å². The maximum absolute atomic E-state index is 11.2. The van der Waals surface area contributed by atoms with Gasteiger partial charge in [0.25, 0.3) is 0 Å². The number of carboxylic acid groups (broad SMARTS) is 1. The van der Waals surface area contributed by atoms with E-state index in [2.05, 4.69) is 6.07 Å². The molecule has 1 aromatic carbocycles. The molecule has 0 saturated heterocycles. The Labute approximate surface area is 94.7 Å². The highest BCUT2D eigenvalue weighted by Crippen LogP contribution is 2.22. The SMILES string of the molecule is NCCN1Cc2ccccc2CC1C(=O)O. The number of nitrogens with two attached hydrogens (primary N) is 1. The van der Waals surface area contributed by atoms with Gasteiger partial charge in [0, 0.05) is 19.6 Å². The molecule has 0 fully saturated rings. The van der Waals surface area contributed by atoms with E-state index in [-0.39, 0.29) is 0 Å². The van der Waals surface area contributed by atoms with Crippen molar-refractivity contribution in [1.29, 1.82) is 0 Å². The molecule has 1 unspecified atom stereocenters. The number of aliphatic carboxylic acids is 1. The van der Waals surface area contributed by atoms with Crippen molar-refractivity contribution in [3.8, 4) is 0 Å². The highest BCUT2D eigenvalue weighted by atomic mass is 16.4. The quantitative estimate of drug-likeness (QED) is 0.776. The Hall–Kier alpha value is -1.39. The molecule has 4 heteroatoms. The molecule has 1 heterocycles. The van der Waals surface area contributed by atoms with Crippen LogP contribution in [0.5, 0.6) is 0 Å². The first-order valence-electron chi connectivity index (χ1n) is 5.46. The van der Waals surface area contributed by atoms with Crippen LogP contribution in [0, 0.1) is 0 Å². The summed E-state index contributed by atoms with van der Waals surface area (Å²) < 4.78 is 0. The van der Waals surface area contributed by atoms with E-state index in [1.807, 2.05) is 23.1 Å². The lowest BCUT2D eigenvalue weighted by Crippen LogP contribution is -2.47. The Kier molecular flexibility index (Phi) is 3.22. The summed E-state index contributed by atoms with van der Waals surface area (Å²) >= 11 is 0. The summed E-state index contributed by atoms with van der Waals surface area (Å²) in [5, 5.41) is 9.18. The number of nitrogens with zero attached hydrogens (tertiary/aromatic N) is 1. The summed E-state index contributed by atoms with van der Waals surface area (Å²) in [6.45, 7) is 1.81. The molecule has 86 valence electrons. The average Bonchev–Trinajstić information content (AvgIpc) is 2.28. The van der Waals surface area contributed by atoms with E-state index in [1.165, 1.54) is 5.56 Å². The average molecular weight is 220 g/mol. The number of carbonyl (C=O) groups is 1. The van der Waals surface area contributed by atoms with Crippen LogP contribution in [0.1, 0.15) is 11.1 Å². The molecular formula is C12H16N2O2.